The van der Waals surface area contributed by atoms with E-state index < -0.39 is 0 Å². The lowest BCUT2D eigenvalue weighted by Gasteiger charge is -2.20. The highest BCUT2D eigenvalue weighted by Gasteiger charge is 2.23. The zero-order chi connectivity index (χ0) is 24.3. The van der Waals surface area contributed by atoms with Crippen molar-refractivity contribution in [3.05, 3.63) is 92.1 Å². The maximum atomic E-state index is 6.99. The van der Waals surface area contributed by atoms with Crippen LogP contribution in [0.2, 0.25) is 15.1 Å². The zero-order valence-electron chi connectivity index (χ0n) is 18.4. The van der Waals surface area contributed by atoms with Crippen molar-refractivity contribution in [2.24, 2.45) is 0 Å². The van der Waals surface area contributed by atoms with Gasteiger partial charge in [-0.1, -0.05) is 40.9 Å². The summed E-state index contributed by atoms with van der Waals surface area (Å²) in [5.41, 5.74) is 7.50. The van der Waals surface area contributed by atoms with Crippen LogP contribution in [-0.2, 0) is 0 Å². The van der Waals surface area contributed by atoms with Gasteiger partial charge in [0.25, 0.3) is 0 Å². The number of aromatic nitrogens is 4. The molecular formula is C26H17Cl4N5. The normalized spacial score (nSPS) is 14.9. The molecule has 9 heteroatoms. The van der Waals surface area contributed by atoms with E-state index in [0.29, 0.717) is 39.0 Å². The Morgan fingerprint density at radius 2 is 1.60 bits per heavy atom. The Morgan fingerprint density at radius 3 is 2.34 bits per heavy atom. The Labute approximate surface area is 221 Å². The summed E-state index contributed by atoms with van der Waals surface area (Å²) in [5.74, 6) is 0. The van der Waals surface area contributed by atoms with Gasteiger partial charge >= 0.3 is 0 Å². The average molecular weight is 541 g/mol. The van der Waals surface area contributed by atoms with Gasteiger partial charge in [-0.2, -0.15) is 0 Å². The molecule has 174 valence electrons. The molecule has 3 aromatic rings. The lowest BCUT2D eigenvalue weighted by atomic mass is 10.0. The predicted molar refractivity (Wildman–Crippen MR) is 148 cm³/mol. The molecule has 0 amide bonds. The standard InChI is InChI=1S/C26H17Cl4N5/c1-34-8-2-3-14(13-34)20-11-19-10-17-5-4-15(31-17)9-16-6-7-18(32-16)12-21-22(27)23(28)26(35(21)30)24(29)25(20)33-19/h2-12,31H,13H2,1H3. The minimum absolute atomic E-state index is 0.253. The molecule has 35 heavy (non-hydrogen) atoms. The van der Waals surface area contributed by atoms with E-state index in [0.717, 1.165) is 33.6 Å². The average Bonchev–Trinajstić information content (AvgIpc) is 3.60. The first kappa shape index (κ1) is 22.5. The van der Waals surface area contributed by atoms with Gasteiger partial charge < -0.3 is 9.88 Å². The van der Waals surface area contributed by atoms with E-state index in [9.17, 15) is 0 Å². The fourth-order valence-electron chi connectivity index (χ4n) is 4.31. The Hall–Kier alpha value is -2.96. The molecule has 3 aromatic heterocycles. The van der Waals surface area contributed by atoms with E-state index in [2.05, 4.69) is 20.9 Å². The Morgan fingerprint density at radius 1 is 0.886 bits per heavy atom. The van der Waals surface area contributed by atoms with Crippen LogP contribution in [0.5, 0.6) is 0 Å². The molecule has 0 radical (unpaired) electrons. The molecule has 0 atom stereocenters. The van der Waals surface area contributed by atoms with E-state index in [4.69, 9.17) is 51.6 Å². The van der Waals surface area contributed by atoms with Gasteiger partial charge in [-0.25, -0.2) is 14.1 Å². The number of nitrogens with one attached hydrogen (secondary N) is 1. The largest absolute Gasteiger partial charge is 0.376 e. The van der Waals surface area contributed by atoms with Crippen molar-refractivity contribution in [2.75, 3.05) is 13.6 Å². The highest BCUT2D eigenvalue weighted by molar-refractivity contribution is 6.50. The minimum atomic E-state index is 0.253. The lowest BCUT2D eigenvalue weighted by molar-refractivity contribution is 0.497. The second-order valence-corrected chi connectivity index (χ2v) is 9.92. The van der Waals surface area contributed by atoms with Gasteiger partial charge in [0.05, 0.1) is 48.9 Å². The molecule has 0 unspecified atom stereocenters. The van der Waals surface area contributed by atoms with Crippen LogP contribution in [0.15, 0.2) is 54.3 Å². The monoisotopic (exact) mass is 539 g/mol. The van der Waals surface area contributed by atoms with Crippen LogP contribution in [0.3, 0.4) is 0 Å². The van der Waals surface area contributed by atoms with Crippen LogP contribution in [0.25, 0.3) is 45.9 Å². The van der Waals surface area contributed by atoms with Gasteiger partial charge in [0.15, 0.2) is 0 Å². The molecular weight excluding hydrogens is 524 g/mol. The van der Waals surface area contributed by atoms with Crippen LogP contribution < -0.4 is 0 Å². The van der Waals surface area contributed by atoms with Crippen molar-refractivity contribution >= 4 is 92.4 Å². The Kier molecular flexibility index (Phi) is 5.53. The van der Waals surface area contributed by atoms with Gasteiger partial charge in [-0.3, -0.25) is 0 Å². The smallest absolute Gasteiger partial charge is 0.0992 e. The topological polar surface area (TPSA) is 49.7 Å². The molecule has 1 N–H and O–H groups in total. The van der Waals surface area contributed by atoms with Gasteiger partial charge in [0.1, 0.15) is 0 Å². The molecule has 0 aliphatic carbocycles. The van der Waals surface area contributed by atoms with Crippen LogP contribution in [-0.4, -0.2) is 37.5 Å². The van der Waals surface area contributed by atoms with Crippen molar-refractivity contribution in [1.82, 2.24) is 23.9 Å². The Balaban J connectivity index is 1.74. The molecule has 0 aromatic carbocycles. The third-order valence-corrected chi connectivity index (χ3v) is 7.50. The number of hydrogen-bond donors (Lipinski definition) is 1. The molecule has 3 aliphatic rings. The molecule has 0 spiro atoms. The molecule has 6 heterocycles. The summed E-state index contributed by atoms with van der Waals surface area (Å²) in [4.78, 5) is 15.0. The number of likely N-dealkylation sites (N-methyl/N-ethyl adjacent to an activating group) is 1. The van der Waals surface area contributed by atoms with E-state index in [-0.39, 0.29) is 5.02 Å². The van der Waals surface area contributed by atoms with E-state index >= 15 is 0 Å². The SMILES string of the molecule is CN1C=CC=C(C2=Cc3cc4ccc(cc5nc(cc6c(Cl)c(Cl)c(c(Cl)c2n3)n6Cl)C=C5)[nH]4)C1. The first-order valence-corrected chi connectivity index (χ1v) is 12.3. The summed E-state index contributed by atoms with van der Waals surface area (Å²) in [6.07, 6.45) is 11.9. The number of allylic oxidation sites excluding steroid dienone is 2. The predicted octanol–water partition coefficient (Wildman–Crippen LogP) is 7.85. The molecule has 0 saturated heterocycles. The zero-order valence-corrected chi connectivity index (χ0v) is 21.4. The van der Waals surface area contributed by atoms with Crippen molar-refractivity contribution in [3.63, 3.8) is 0 Å². The van der Waals surface area contributed by atoms with Crippen LogP contribution in [0.1, 0.15) is 22.8 Å². The summed E-state index contributed by atoms with van der Waals surface area (Å²) in [5, 5.41) is 0.854. The molecule has 0 fully saturated rings. The number of H-pyrrole nitrogens is 1. The number of halogens is 4. The van der Waals surface area contributed by atoms with Crippen molar-refractivity contribution < 1.29 is 0 Å². The maximum Gasteiger partial charge on any atom is 0.0992 e. The van der Waals surface area contributed by atoms with Gasteiger partial charge in [0.2, 0.25) is 0 Å². The van der Waals surface area contributed by atoms with Crippen molar-refractivity contribution in [2.45, 2.75) is 0 Å². The summed E-state index contributed by atoms with van der Waals surface area (Å²) in [6, 6.07) is 9.72. The number of nitrogens with zero attached hydrogens (tertiary/aromatic N) is 4. The minimum Gasteiger partial charge on any atom is -0.376 e. The number of aromatic amines is 1. The number of fused-ring (bicyclic) bond motifs is 8. The highest BCUT2D eigenvalue weighted by Crippen LogP contribution is 2.42. The molecule has 8 bridgehead atoms. The van der Waals surface area contributed by atoms with Crippen LogP contribution >= 0.6 is 46.6 Å². The Bertz CT molecular complexity index is 1690. The number of rotatable bonds is 1. The summed E-state index contributed by atoms with van der Waals surface area (Å²) < 4.78 is 1.37. The summed E-state index contributed by atoms with van der Waals surface area (Å²) in [7, 11) is 2.02. The fourth-order valence-corrected chi connectivity index (χ4v) is 5.62. The fraction of sp³-hybridized carbons (Fsp3) is 0.0769. The first-order valence-electron chi connectivity index (χ1n) is 10.8. The molecule has 5 nitrogen and oxygen atoms in total. The third-order valence-electron chi connectivity index (χ3n) is 5.95. The van der Waals surface area contributed by atoms with Gasteiger partial charge in [-0.15, -0.1) is 0 Å². The van der Waals surface area contributed by atoms with E-state index in [1.165, 1.54) is 4.09 Å². The maximum absolute atomic E-state index is 6.99. The third kappa shape index (κ3) is 3.99. The highest BCUT2D eigenvalue weighted by atomic mass is 35.5. The van der Waals surface area contributed by atoms with Crippen LogP contribution in [0.4, 0.5) is 0 Å². The second kappa shape index (κ2) is 8.61. The molecule has 6 rings (SSSR count). The van der Waals surface area contributed by atoms with Gasteiger partial charge in [-0.05, 0) is 66.4 Å². The first-order chi connectivity index (χ1) is 16.9. The molecule has 0 saturated carbocycles. The number of hydrogen-bond acceptors (Lipinski definition) is 3. The second-order valence-electron chi connectivity index (χ2n) is 8.45. The summed E-state index contributed by atoms with van der Waals surface area (Å²) in [6.45, 7) is 0.709. The van der Waals surface area contributed by atoms with E-state index in [1.54, 1.807) is 6.07 Å². The lowest BCUT2D eigenvalue weighted by Crippen LogP contribution is -2.17. The molecule has 3 aliphatic heterocycles. The van der Waals surface area contributed by atoms with Crippen molar-refractivity contribution in [3.8, 4) is 0 Å². The quantitative estimate of drug-likeness (QED) is 0.267. The van der Waals surface area contributed by atoms with E-state index in [1.807, 2.05) is 61.8 Å². The van der Waals surface area contributed by atoms with Crippen molar-refractivity contribution in [1.29, 1.82) is 0 Å². The van der Waals surface area contributed by atoms with Gasteiger partial charge in [0, 0.05) is 42.0 Å². The van der Waals surface area contributed by atoms with Crippen LogP contribution in [0, 0.1) is 0 Å². The summed E-state index contributed by atoms with van der Waals surface area (Å²) >= 11 is 27.0.